The number of hydrogen-bond donors (Lipinski definition) is 2. The molecule has 1 aromatic carbocycles. The van der Waals surface area contributed by atoms with Crippen LogP contribution in [0.1, 0.15) is 31.4 Å². The first-order valence-corrected chi connectivity index (χ1v) is 11.9. The van der Waals surface area contributed by atoms with Crippen molar-refractivity contribution < 1.29 is 18.8 Å². The van der Waals surface area contributed by atoms with Crippen LogP contribution in [-0.2, 0) is 9.53 Å². The number of piperidine rings is 1. The van der Waals surface area contributed by atoms with Crippen LogP contribution in [0.2, 0.25) is 0 Å². The van der Waals surface area contributed by atoms with E-state index in [1.165, 1.54) is 0 Å². The maximum absolute atomic E-state index is 11.8. The van der Waals surface area contributed by atoms with Crippen LogP contribution >= 0.6 is 0 Å². The molecule has 11 heteroatoms. The van der Waals surface area contributed by atoms with Crippen molar-refractivity contribution in [1.29, 1.82) is 0 Å². The van der Waals surface area contributed by atoms with Crippen LogP contribution in [0.5, 0.6) is 0 Å². The average molecular weight is 480 g/mol. The van der Waals surface area contributed by atoms with Crippen LogP contribution in [0.4, 0.5) is 16.3 Å². The van der Waals surface area contributed by atoms with Crippen molar-refractivity contribution in [2.75, 3.05) is 56.7 Å². The zero-order chi connectivity index (χ0) is 24.4. The summed E-state index contributed by atoms with van der Waals surface area (Å²) in [6.07, 6.45) is 1.63. The van der Waals surface area contributed by atoms with Crippen molar-refractivity contribution in [2.45, 2.75) is 25.7 Å². The molecule has 2 aromatic heterocycles. The first-order valence-electron chi connectivity index (χ1n) is 11.9. The number of anilines is 2. The summed E-state index contributed by atoms with van der Waals surface area (Å²) < 4.78 is 11.4. The highest BCUT2D eigenvalue weighted by atomic mass is 16.5. The predicted octanol–water partition coefficient (Wildman–Crippen LogP) is 2.60. The first-order chi connectivity index (χ1) is 17.0. The lowest BCUT2D eigenvalue weighted by molar-refractivity contribution is -0.129. The Hall–Kier alpha value is -3.73. The number of hydrogen-bond acceptors (Lipinski definition) is 8. The summed E-state index contributed by atoms with van der Waals surface area (Å²) in [5, 5.41) is 9.74. The summed E-state index contributed by atoms with van der Waals surface area (Å²) in [5.74, 6) is 1.53. The number of carbonyl (C=O) groups is 2. The van der Waals surface area contributed by atoms with E-state index < -0.39 is 0 Å². The van der Waals surface area contributed by atoms with Gasteiger partial charge in [-0.1, -0.05) is 5.16 Å². The fourth-order valence-electron chi connectivity index (χ4n) is 4.58. The molecule has 0 aliphatic carbocycles. The van der Waals surface area contributed by atoms with Crippen molar-refractivity contribution in [3.05, 3.63) is 30.0 Å². The minimum atomic E-state index is -0.282. The van der Waals surface area contributed by atoms with Gasteiger partial charge in [-0.2, -0.15) is 0 Å². The molecule has 2 aliphatic heterocycles. The molecular weight excluding hydrogens is 450 g/mol. The molecule has 0 saturated carbocycles. The fourth-order valence-corrected chi connectivity index (χ4v) is 4.58. The summed E-state index contributed by atoms with van der Waals surface area (Å²) in [7, 11) is 1.57. The number of aromatic nitrogens is 3. The van der Waals surface area contributed by atoms with E-state index in [-0.39, 0.29) is 17.9 Å². The summed E-state index contributed by atoms with van der Waals surface area (Å²) >= 11 is 0. The van der Waals surface area contributed by atoms with Crippen LogP contribution in [0.15, 0.2) is 28.8 Å². The van der Waals surface area contributed by atoms with Gasteiger partial charge in [0.2, 0.25) is 11.5 Å². The topological polar surface area (TPSA) is 126 Å². The van der Waals surface area contributed by atoms with Gasteiger partial charge in [-0.25, -0.2) is 14.8 Å². The van der Waals surface area contributed by atoms with Crippen molar-refractivity contribution >= 4 is 34.5 Å². The summed E-state index contributed by atoms with van der Waals surface area (Å²) in [5.41, 5.74) is 3.61. The largest absolute Gasteiger partial charge is 0.378 e. The lowest BCUT2D eigenvalue weighted by Crippen LogP contribution is -2.37. The maximum atomic E-state index is 11.8. The van der Waals surface area contributed by atoms with Crippen molar-refractivity contribution in [3.63, 3.8) is 0 Å². The molecule has 0 spiro atoms. The Balaban J connectivity index is 1.52. The summed E-state index contributed by atoms with van der Waals surface area (Å²) in [6, 6.07) is 7.12. The van der Waals surface area contributed by atoms with E-state index in [2.05, 4.69) is 20.7 Å². The van der Waals surface area contributed by atoms with Gasteiger partial charge in [0, 0.05) is 57.3 Å². The third-order valence-corrected chi connectivity index (χ3v) is 6.59. The molecule has 5 rings (SSSR count). The molecule has 2 N–H and O–H groups in total. The molecule has 0 bridgehead atoms. The van der Waals surface area contributed by atoms with Gasteiger partial charge >= 0.3 is 6.03 Å². The number of fused-ring (bicyclic) bond motifs is 1. The Labute approximate surface area is 202 Å². The second-order valence-corrected chi connectivity index (χ2v) is 8.78. The van der Waals surface area contributed by atoms with E-state index in [0.717, 1.165) is 24.1 Å². The number of nitrogens with zero attached hydrogens (tertiary/aromatic N) is 5. The predicted molar refractivity (Wildman–Crippen MR) is 130 cm³/mol. The minimum absolute atomic E-state index is 0.0991. The molecule has 0 radical (unpaired) electrons. The highest BCUT2D eigenvalue weighted by Crippen LogP contribution is 2.36. The Bertz CT molecular complexity index is 1210. The Morgan fingerprint density at radius 2 is 1.74 bits per heavy atom. The lowest BCUT2D eigenvalue weighted by atomic mass is 9.93. The molecule has 2 aliphatic rings. The van der Waals surface area contributed by atoms with Gasteiger partial charge in [0.1, 0.15) is 11.2 Å². The SMILES string of the molecule is CNC(=O)Nc1ccc(-c2nc(N3CCOCC3)c3onc(C4CCN(C(C)=O)CC4)c3n2)cc1. The zero-order valence-corrected chi connectivity index (χ0v) is 19.9. The molecule has 0 unspecified atom stereocenters. The van der Waals surface area contributed by atoms with E-state index in [1.54, 1.807) is 14.0 Å². The van der Waals surface area contributed by atoms with Gasteiger partial charge in [-0.15, -0.1) is 0 Å². The minimum Gasteiger partial charge on any atom is -0.378 e. The lowest BCUT2D eigenvalue weighted by Gasteiger charge is -2.30. The number of nitrogens with one attached hydrogen (secondary N) is 2. The number of amides is 3. The molecule has 2 fully saturated rings. The van der Waals surface area contributed by atoms with Crippen molar-refractivity contribution in [3.8, 4) is 11.4 Å². The summed E-state index contributed by atoms with van der Waals surface area (Å²) in [4.78, 5) is 37.1. The van der Waals surface area contributed by atoms with Gasteiger partial charge in [-0.05, 0) is 37.1 Å². The molecule has 3 aromatic rings. The normalized spacial score (nSPS) is 17.0. The van der Waals surface area contributed by atoms with Crippen LogP contribution < -0.4 is 15.5 Å². The fraction of sp³-hybridized carbons (Fsp3) is 0.458. The number of likely N-dealkylation sites (tertiary alicyclic amines) is 1. The number of carbonyl (C=O) groups excluding carboxylic acids is 2. The van der Waals surface area contributed by atoms with E-state index in [4.69, 9.17) is 19.2 Å². The van der Waals surface area contributed by atoms with E-state index in [0.29, 0.717) is 67.8 Å². The van der Waals surface area contributed by atoms with Gasteiger partial charge in [0.25, 0.3) is 0 Å². The van der Waals surface area contributed by atoms with Crippen LogP contribution in [0.25, 0.3) is 22.5 Å². The van der Waals surface area contributed by atoms with Gasteiger partial charge in [0.15, 0.2) is 11.6 Å². The zero-order valence-electron chi connectivity index (χ0n) is 19.9. The number of benzene rings is 1. The number of ether oxygens (including phenoxy) is 1. The molecule has 11 nitrogen and oxygen atoms in total. The standard InChI is InChI=1S/C24H29N7O4/c1-15(32)30-9-7-16(8-10-30)19-20-21(35-29-19)23(31-11-13-34-14-12-31)28-22(27-20)17-3-5-18(6-4-17)26-24(33)25-2/h3-6,16H,7-14H2,1-2H3,(H2,25,26,33). The number of morpholine rings is 1. The molecule has 4 heterocycles. The maximum Gasteiger partial charge on any atom is 0.318 e. The monoisotopic (exact) mass is 479 g/mol. The van der Waals surface area contributed by atoms with Crippen LogP contribution in [-0.4, -0.2) is 78.4 Å². The van der Waals surface area contributed by atoms with E-state index in [1.807, 2.05) is 29.2 Å². The first kappa shape index (κ1) is 23.0. The smallest absolute Gasteiger partial charge is 0.318 e. The quantitative estimate of drug-likeness (QED) is 0.585. The van der Waals surface area contributed by atoms with E-state index in [9.17, 15) is 9.59 Å². The van der Waals surface area contributed by atoms with E-state index >= 15 is 0 Å². The molecule has 2 saturated heterocycles. The van der Waals surface area contributed by atoms with Crippen LogP contribution in [0, 0.1) is 0 Å². The molecule has 3 amide bonds. The third kappa shape index (κ3) is 4.76. The Morgan fingerprint density at radius 3 is 2.40 bits per heavy atom. The summed E-state index contributed by atoms with van der Waals surface area (Å²) in [6.45, 7) is 5.64. The second-order valence-electron chi connectivity index (χ2n) is 8.78. The van der Waals surface area contributed by atoms with Gasteiger partial charge in [-0.3, -0.25) is 4.79 Å². The molecule has 184 valence electrons. The Morgan fingerprint density at radius 1 is 1.03 bits per heavy atom. The number of rotatable bonds is 4. The van der Waals surface area contributed by atoms with Crippen molar-refractivity contribution in [2.24, 2.45) is 0 Å². The van der Waals surface area contributed by atoms with Crippen LogP contribution in [0.3, 0.4) is 0 Å². The highest BCUT2D eigenvalue weighted by Gasteiger charge is 2.30. The molecular formula is C24H29N7O4. The average Bonchev–Trinajstić information content (AvgIpc) is 3.33. The molecule has 35 heavy (non-hydrogen) atoms. The number of urea groups is 1. The van der Waals surface area contributed by atoms with Gasteiger partial charge in [0.05, 0.1) is 13.2 Å². The Kier molecular flexibility index (Phi) is 6.49. The second kappa shape index (κ2) is 9.87. The van der Waals surface area contributed by atoms with Crippen molar-refractivity contribution in [1.82, 2.24) is 25.3 Å². The molecule has 0 atom stereocenters. The highest BCUT2D eigenvalue weighted by molar-refractivity contribution is 5.90. The van der Waals surface area contributed by atoms with Gasteiger partial charge < -0.3 is 29.7 Å². The third-order valence-electron chi connectivity index (χ3n) is 6.59.